The Bertz CT molecular complexity index is 573. The molecule has 3 N–H and O–H groups in total. The Kier molecular flexibility index (Phi) is 5.82. The van der Waals surface area contributed by atoms with Crippen LogP contribution in [-0.2, 0) is 0 Å². The van der Waals surface area contributed by atoms with Gasteiger partial charge in [0.05, 0.1) is 12.8 Å². The van der Waals surface area contributed by atoms with E-state index in [0.29, 0.717) is 17.6 Å². The van der Waals surface area contributed by atoms with E-state index in [2.05, 4.69) is 31.4 Å². The van der Waals surface area contributed by atoms with Gasteiger partial charge in [0.2, 0.25) is 5.13 Å². The Labute approximate surface area is 130 Å². The van der Waals surface area contributed by atoms with Crippen LogP contribution in [0.1, 0.15) is 12.0 Å². The number of halogens is 1. The minimum Gasteiger partial charge on any atom is -0.494 e. The molecule has 1 heterocycles. The second-order valence-corrected chi connectivity index (χ2v) is 5.56. The van der Waals surface area contributed by atoms with Crippen molar-refractivity contribution in [3.8, 4) is 5.75 Å². The zero-order chi connectivity index (χ0) is 14.2. The molecular formula is C13H15BrN4OS. The normalized spacial score (nSPS) is 10.8. The number of alkyl halides is 1. The first kappa shape index (κ1) is 14.8. The summed E-state index contributed by atoms with van der Waals surface area (Å²) in [5, 5.41) is 7.49. The van der Waals surface area contributed by atoms with E-state index in [1.165, 1.54) is 11.3 Å². The Morgan fingerprint density at radius 2 is 2.40 bits per heavy atom. The van der Waals surface area contributed by atoms with Gasteiger partial charge in [-0.15, -0.1) is 11.3 Å². The minimum absolute atomic E-state index is 0.495. The molecule has 2 aromatic rings. The molecule has 0 aliphatic carbocycles. The van der Waals surface area contributed by atoms with Crippen molar-refractivity contribution in [1.82, 2.24) is 4.98 Å². The third-order valence-corrected chi connectivity index (χ3v) is 3.63. The van der Waals surface area contributed by atoms with Crippen molar-refractivity contribution in [2.75, 3.05) is 23.1 Å². The van der Waals surface area contributed by atoms with E-state index in [0.717, 1.165) is 23.1 Å². The van der Waals surface area contributed by atoms with E-state index in [4.69, 9.17) is 10.5 Å². The molecule has 0 bridgehead atoms. The topological polar surface area (TPSA) is 72.5 Å². The summed E-state index contributed by atoms with van der Waals surface area (Å²) in [7, 11) is 0. The first-order valence-electron chi connectivity index (χ1n) is 6.07. The average Bonchev–Trinajstić information content (AvgIpc) is 2.85. The highest BCUT2D eigenvalue weighted by Gasteiger charge is 1.97. The smallest absolute Gasteiger partial charge is 0.205 e. The fourth-order valence-electron chi connectivity index (χ4n) is 1.43. The van der Waals surface area contributed by atoms with E-state index < -0.39 is 0 Å². The van der Waals surface area contributed by atoms with Gasteiger partial charge in [-0.2, -0.15) is 5.10 Å². The number of aromatic nitrogens is 1. The molecule has 0 radical (unpaired) electrons. The molecule has 1 aromatic carbocycles. The summed E-state index contributed by atoms with van der Waals surface area (Å²) in [5.74, 6) is 1.34. The van der Waals surface area contributed by atoms with Gasteiger partial charge in [-0.3, -0.25) is 5.43 Å². The number of rotatable bonds is 7. The van der Waals surface area contributed by atoms with E-state index >= 15 is 0 Å². The third-order valence-electron chi connectivity index (χ3n) is 2.30. The maximum absolute atomic E-state index is 5.62. The van der Waals surface area contributed by atoms with Gasteiger partial charge in [0.15, 0.2) is 0 Å². The van der Waals surface area contributed by atoms with Gasteiger partial charge in [0.1, 0.15) is 11.6 Å². The second-order valence-electron chi connectivity index (χ2n) is 3.91. The zero-order valence-electron chi connectivity index (χ0n) is 10.8. The van der Waals surface area contributed by atoms with Crippen LogP contribution in [0.15, 0.2) is 34.7 Å². The molecule has 0 fully saturated rings. The highest BCUT2D eigenvalue weighted by molar-refractivity contribution is 9.09. The van der Waals surface area contributed by atoms with Crippen molar-refractivity contribution in [3.63, 3.8) is 0 Å². The third kappa shape index (κ3) is 4.82. The van der Waals surface area contributed by atoms with Crippen LogP contribution in [0.25, 0.3) is 0 Å². The van der Waals surface area contributed by atoms with E-state index in [1.54, 1.807) is 11.6 Å². The van der Waals surface area contributed by atoms with Crippen molar-refractivity contribution >= 4 is 44.4 Å². The van der Waals surface area contributed by atoms with Gasteiger partial charge >= 0.3 is 0 Å². The number of anilines is 2. The Hall–Kier alpha value is -1.60. The summed E-state index contributed by atoms with van der Waals surface area (Å²) >= 11 is 4.78. The van der Waals surface area contributed by atoms with Crippen LogP contribution in [0.5, 0.6) is 5.75 Å². The first-order chi connectivity index (χ1) is 9.78. The predicted molar refractivity (Wildman–Crippen MR) is 88.1 cm³/mol. The predicted octanol–water partition coefficient (Wildman–Crippen LogP) is 3.34. The lowest BCUT2D eigenvalue weighted by atomic mass is 10.2. The van der Waals surface area contributed by atoms with Crippen LogP contribution < -0.4 is 15.9 Å². The van der Waals surface area contributed by atoms with Crippen LogP contribution in [0, 0.1) is 0 Å². The molecule has 0 atom stereocenters. The number of ether oxygens (including phenoxy) is 1. The van der Waals surface area contributed by atoms with Gasteiger partial charge in [-0.25, -0.2) is 4.98 Å². The fourth-order valence-corrected chi connectivity index (χ4v) is 2.21. The number of hydrogen-bond donors (Lipinski definition) is 2. The van der Waals surface area contributed by atoms with Crippen LogP contribution >= 0.6 is 27.3 Å². The number of hydrogen-bond acceptors (Lipinski definition) is 6. The van der Waals surface area contributed by atoms with Gasteiger partial charge in [-0.05, 0) is 24.1 Å². The van der Waals surface area contributed by atoms with E-state index in [1.807, 2.05) is 24.3 Å². The molecule has 0 saturated heterocycles. The van der Waals surface area contributed by atoms with E-state index in [9.17, 15) is 0 Å². The van der Waals surface area contributed by atoms with Crippen molar-refractivity contribution in [1.29, 1.82) is 0 Å². The largest absolute Gasteiger partial charge is 0.494 e. The molecular weight excluding hydrogens is 340 g/mol. The van der Waals surface area contributed by atoms with Crippen LogP contribution in [-0.4, -0.2) is 23.1 Å². The monoisotopic (exact) mass is 354 g/mol. The van der Waals surface area contributed by atoms with E-state index in [-0.39, 0.29) is 0 Å². The van der Waals surface area contributed by atoms with Gasteiger partial charge in [0, 0.05) is 10.7 Å². The number of nitrogens with one attached hydrogen (secondary N) is 1. The molecule has 106 valence electrons. The molecule has 20 heavy (non-hydrogen) atoms. The van der Waals surface area contributed by atoms with Crippen molar-refractivity contribution < 1.29 is 4.74 Å². The fraction of sp³-hybridized carbons (Fsp3) is 0.231. The standard InChI is InChI=1S/C13H15BrN4OS/c14-5-2-6-19-11-4-1-3-10(7-11)8-16-18-13-17-12(15)9-20-13/h1,3-4,7-9H,2,5-6,15H2,(H,17,18). The highest BCUT2D eigenvalue weighted by atomic mass is 79.9. The summed E-state index contributed by atoms with van der Waals surface area (Å²) < 4.78 is 5.62. The summed E-state index contributed by atoms with van der Waals surface area (Å²) in [5.41, 5.74) is 9.32. The van der Waals surface area contributed by atoms with Crippen LogP contribution in [0.4, 0.5) is 10.9 Å². The lowest BCUT2D eigenvalue weighted by Gasteiger charge is -2.05. The number of nitrogen functional groups attached to an aromatic ring is 1. The number of nitrogens with two attached hydrogens (primary N) is 1. The number of nitrogens with zero attached hydrogens (tertiary/aromatic N) is 2. The second kappa shape index (κ2) is 7.86. The van der Waals surface area contributed by atoms with Gasteiger partial charge in [-0.1, -0.05) is 28.1 Å². The summed E-state index contributed by atoms with van der Waals surface area (Å²) in [4.78, 5) is 4.05. The lowest BCUT2D eigenvalue weighted by Crippen LogP contribution is -1.98. The summed E-state index contributed by atoms with van der Waals surface area (Å²) in [6, 6.07) is 7.76. The SMILES string of the molecule is Nc1csc(NN=Cc2cccc(OCCCBr)c2)n1. The van der Waals surface area contributed by atoms with Crippen molar-refractivity contribution in [3.05, 3.63) is 35.2 Å². The maximum atomic E-state index is 5.62. The molecule has 1 aromatic heterocycles. The summed E-state index contributed by atoms with van der Waals surface area (Å²) in [6.45, 7) is 0.697. The van der Waals surface area contributed by atoms with Crippen molar-refractivity contribution in [2.45, 2.75) is 6.42 Å². The Balaban J connectivity index is 1.90. The van der Waals surface area contributed by atoms with Gasteiger partial charge < -0.3 is 10.5 Å². The lowest BCUT2D eigenvalue weighted by molar-refractivity contribution is 0.319. The number of thiazole rings is 1. The molecule has 0 saturated carbocycles. The minimum atomic E-state index is 0.495. The molecule has 0 spiro atoms. The molecule has 0 aliphatic heterocycles. The van der Waals surface area contributed by atoms with Crippen molar-refractivity contribution in [2.24, 2.45) is 5.10 Å². The van der Waals surface area contributed by atoms with Gasteiger partial charge in [0.25, 0.3) is 0 Å². The summed E-state index contributed by atoms with van der Waals surface area (Å²) in [6.07, 6.45) is 2.69. The quantitative estimate of drug-likeness (QED) is 0.346. The molecule has 7 heteroatoms. The molecule has 2 rings (SSSR count). The van der Waals surface area contributed by atoms with Crippen LogP contribution in [0.3, 0.4) is 0 Å². The molecule has 0 aliphatic rings. The number of benzene rings is 1. The highest BCUT2D eigenvalue weighted by Crippen LogP contribution is 2.16. The number of hydrazone groups is 1. The average molecular weight is 355 g/mol. The molecule has 0 amide bonds. The first-order valence-corrected chi connectivity index (χ1v) is 8.07. The Morgan fingerprint density at radius 3 is 3.15 bits per heavy atom. The molecule has 5 nitrogen and oxygen atoms in total. The zero-order valence-corrected chi connectivity index (χ0v) is 13.2. The van der Waals surface area contributed by atoms with Crippen LogP contribution in [0.2, 0.25) is 0 Å². The maximum Gasteiger partial charge on any atom is 0.205 e. The Morgan fingerprint density at radius 1 is 1.50 bits per heavy atom. The molecule has 0 unspecified atom stereocenters.